The fourth-order valence-electron chi connectivity index (χ4n) is 2.47. The Hall–Kier alpha value is -0.790. The fraction of sp³-hybridized carbons (Fsp3) is 0.727. The van der Waals surface area contributed by atoms with Crippen molar-refractivity contribution in [2.24, 2.45) is 11.8 Å². The molecule has 0 N–H and O–H groups in total. The van der Waals surface area contributed by atoms with Gasteiger partial charge < -0.3 is 4.74 Å². The summed E-state index contributed by atoms with van der Waals surface area (Å²) < 4.78 is 5.38. The minimum Gasteiger partial charge on any atom is -0.458 e. The summed E-state index contributed by atoms with van der Waals surface area (Å²) in [6.45, 7) is 5.29. The number of hydrogen-bond donors (Lipinski definition) is 0. The van der Waals surface area contributed by atoms with Gasteiger partial charge >= 0.3 is 5.97 Å². The van der Waals surface area contributed by atoms with E-state index in [9.17, 15) is 4.79 Å². The highest BCUT2D eigenvalue weighted by Gasteiger charge is 2.46. The van der Waals surface area contributed by atoms with E-state index in [-0.39, 0.29) is 12.1 Å². The lowest BCUT2D eigenvalue weighted by atomic mass is 9.63. The van der Waals surface area contributed by atoms with Crippen molar-refractivity contribution in [2.75, 3.05) is 0 Å². The van der Waals surface area contributed by atoms with Crippen molar-refractivity contribution in [1.82, 2.24) is 0 Å². The minimum atomic E-state index is -0.207. The predicted octanol–water partition coefficient (Wildman–Crippen LogP) is 2.29. The van der Waals surface area contributed by atoms with Gasteiger partial charge in [-0.25, -0.2) is 4.79 Å². The highest BCUT2D eigenvalue weighted by molar-refractivity contribution is 5.87. The maximum absolute atomic E-state index is 11.3. The summed E-state index contributed by atoms with van der Waals surface area (Å²) in [5.74, 6) is 1.10. The van der Waals surface area contributed by atoms with Gasteiger partial charge in [-0.3, -0.25) is 0 Å². The lowest BCUT2D eigenvalue weighted by molar-refractivity contribution is -0.166. The molecule has 3 aliphatic rings. The number of carbonyl (C=O) groups excluding carboxylic acids is 1. The Bertz CT molecular complexity index is 230. The zero-order valence-corrected chi connectivity index (χ0v) is 8.08. The van der Waals surface area contributed by atoms with Crippen molar-refractivity contribution in [3.05, 3.63) is 12.2 Å². The molecule has 0 heterocycles. The summed E-state index contributed by atoms with van der Waals surface area (Å²) in [5.41, 5.74) is 0.518. The largest absolute Gasteiger partial charge is 0.458 e. The molecule has 0 aromatic carbocycles. The van der Waals surface area contributed by atoms with E-state index in [4.69, 9.17) is 4.74 Å². The molecule has 0 aliphatic heterocycles. The van der Waals surface area contributed by atoms with Crippen LogP contribution in [-0.2, 0) is 9.53 Å². The Morgan fingerprint density at radius 1 is 1.38 bits per heavy atom. The van der Waals surface area contributed by atoms with E-state index in [1.54, 1.807) is 6.92 Å². The highest BCUT2D eigenvalue weighted by Crippen LogP contribution is 2.47. The van der Waals surface area contributed by atoms with Crippen molar-refractivity contribution in [1.29, 1.82) is 0 Å². The first kappa shape index (κ1) is 8.79. The van der Waals surface area contributed by atoms with Crippen molar-refractivity contribution in [2.45, 2.75) is 38.7 Å². The van der Waals surface area contributed by atoms with Gasteiger partial charge in [0.2, 0.25) is 0 Å². The third-order valence-corrected chi connectivity index (χ3v) is 3.28. The summed E-state index contributed by atoms with van der Waals surface area (Å²) in [4.78, 5) is 11.3. The standard InChI is InChI=1S/C11H16O2/c1-7(2)11(12)13-10-8-4-3-5-9(10)6-8/h8-10H,1,3-6H2,2H3. The van der Waals surface area contributed by atoms with Gasteiger partial charge in [-0.15, -0.1) is 0 Å². The van der Waals surface area contributed by atoms with Gasteiger partial charge in [-0.2, -0.15) is 0 Å². The fourth-order valence-corrected chi connectivity index (χ4v) is 2.47. The van der Waals surface area contributed by atoms with Gasteiger partial charge in [0.25, 0.3) is 0 Å². The normalized spacial score (nSPS) is 36.2. The average molecular weight is 180 g/mol. The van der Waals surface area contributed by atoms with Gasteiger partial charge in [0, 0.05) is 5.57 Å². The maximum Gasteiger partial charge on any atom is 0.333 e. The first-order chi connectivity index (χ1) is 6.18. The predicted molar refractivity (Wildman–Crippen MR) is 50.1 cm³/mol. The number of hydrogen-bond acceptors (Lipinski definition) is 2. The van der Waals surface area contributed by atoms with Crippen LogP contribution >= 0.6 is 0 Å². The number of fused-ring (bicyclic) bond motifs is 2. The number of ether oxygens (including phenoxy) is 1. The molecular formula is C11H16O2. The maximum atomic E-state index is 11.3. The molecule has 2 unspecified atom stereocenters. The monoisotopic (exact) mass is 180 g/mol. The second kappa shape index (κ2) is 3.17. The molecule has 0 amide bonds. The first-order valence-corrected chi connectivity index (χ1v) is 5.05. The van der Waals surface area contributed by atoms with Crippen molar-refractivity contribution in [3.8, 4) is 0 Å². The molecular weight excluding hydrogens is 164 g/mol. The molecule has 2 heteroatoms. The lowest BCUT2D eigenvalue weighted by Crippen LogP contribution is -2.48. The summed E-state index contributed by atoms with van der Waals surface area (Å²) in [6.07, 6.45) is 5.29. The Kier molecular flexibility index (Phi) is 2.14. The molecule has 3 aliphatic carbocycles. The van der Waals surface area contributed by atoms with Crippen molar-refractivity contribution in [3.63, 3.8) is 0 Å². The van der Waals surface area contributed by atoms with Gasteiger partial charge in [-0.1, -0.05) is 13.0 Å². The van der Waals surface area contributed by atoms with Crippen LogP contribution in [0, 0.1) is 11.8 Å². The van der Waals surface area contributed by atoms with E-state index >= 15 is 0 Å². The minimum absolute atomic E-state index is 0.207. The SMILES string of the molecule is C=C(C)C(=O)OC1C2CCCC1C2. The zero-order chi connectivity index (χ0) is 9.42. The van der Waals surface area contributed by atoms with E-state index in [0.29, 0.717) is 17.4 Å². The molecule has 3 fully saturated rings. The number of rotatable bonds is 2. The van der Waals surface area contributed by atoms with Crippen LogP contribution in [0.25, 0.3) is 0 Å². The molecule has 0 radical (unpaired) electrons. The molecule has 0 aromatic heterocycles. The van der Waals surface area contributed by atoms with Crippen LogP contribution in [0.15, 0.2) is 12.2 Å². The van der Waals surface area contributed by atoms with Crippen LogP contribution in [0.1, 0.15) is 32.6 Å². The molecule has 13 heavy (non-hydrogen) atoms. The third kappa shape index (κ3) is 1.50. The van der Waals surface area contributed by atoms with Gasteiger partial charge in [-0.05, 0) is 38.0 Å². The van der Waals surface area contributed by atoms with Gasteiger partial charge in [0.15, 0.2) is 0 Å². The van der Waals surface area contributed by atoms with Crippen molar-refractivity contribution >= 4 is 5.97 Å². The van der Waals surface area contributed by atoms with Crippen LogP contribution in [0.3, 0.4) is 0 Å². The second-order valence-electron chi connectivity index (χ2n) is 4.34. The smallest absolute Gasteiger partial charge is 0.333 e. The van der Waals surface area contributed by atoms with E-state index in [1.165, 1.54) is 25.7 Å². The molecule has 2 bridgehead atoms. The topological polar surface area (TPSA) is 26.3 Å². The summed E-state index contributed by atoms with van der Waals surface area (Å²) in [5, 5.41) is 0. The Labute approximate surface area is 79.0 Å². The molecule has 0 spiro atoms. The number of esters is 1. The van der Waals surface area contributed by atoms with E-state index in [1.807, 2.05) is 0 Å². The van der Waals surface area contributed by atoms with Crippen LogP contribution in [-0.4, -0.2) is 12.1 Å². The second-order valence-corrected chi connectivity index (χ2v) is 4.34. The highest BCUT2D eigenvalue weighted by atomic mass is 16.5. The Morgan fingerprint density at radius 3 is 2.46 bits per heavy atom. The first-order valence-electron chi connectivity index (χ1n) is 5.05. The van der Waals surface area contributed by atoms with Crippen LogP contribution in [0.4, 0.5) is 0 Å². The van der Waals surface area contributed by atoms with Crippen molar-refractivity contribution < 1.29 is 9.53 Å². The van der Waals surface area contributed by atoms with E-state index in [2.05, 4.69) is 6.58 Å². The lowest BCUT2D eigenvalue weighted by Gasteiger charge is -2.48. The van der Waals surface area contributed by atoms with Crippen LogP contribution < -0.4 is 0 Å². The zero-order valence-electron chi connectivity index (χ0n) is 8.08. The summed E-state index contributed by atoms with van der Waals surface area (Å²) in [7, 11) is 0. The van der Waals surface area contributed by atoms with Crippen LogP contribution in [0.2, 0.25) is 0 Å². The van der Waals surface area contributed by atoms with Crippen LogP contribution in [0.5, 0.6) is 0 Å². The molecule has 0 saturated heterocycles. The Morgan fingerprint density at radius 2 is 2.00 bits per heavy atom. The molecule has 2 nitrogen and oxygen atoms in total. The molecule has 2 atom stereocenters. The Balaban J connectivity index is 1.89. The third-order valence-electron chi connectivity index (χ3n) is 3.28. The van der Waals surface area contributed by atoms with Gasteiger partial charge in [0.05, 0.1) is 0 Å². The van der Waals surface area contributed by atoms with Gasteiger partial charge in [0.1, 0.15) is 6.10 Å². The van der Waals surface area contributed by atoms with E-state index < -0.39 is 0 Å². The number of carbonyl (C=O) groups is 1. The molecule has 3 rings (SSSR count). The molecule has 0 aromatic rings. The van der Waals surface area contributed by atoms with E-state index in [0.717, 1.165) is 0 Å². The summed E-state index contributed by atoms with van der Waals surface area (Å²) in [6, 6.07) is 0. The quantitative estimate of drug-likeness (QED) is 0.481. The molecule has 72 valence electrons. The average Bonchev–Trinajstić information content (AvgIpc) is 2.14. The summed E-state index contributed by atoms with van der Waals surface area (Å²) >= 11 is 0. The molecule has 3 saturated carbocycles.